The Morgan fingerprint density at radius 1 is 1.38 bits per heavy atom. The summed E-state index contributed by atoms with van der Waals surface area (Å²) in [4.78, 5) is 10.6. The Balaban J connectivity index is 2.67. The van der Waals surface area contributed by atoms with Crippen molar-refractivity contribution in [3.05, 3.63) is 34.5 Å². The van der Waals surface area contributed by atoms with Crippen molar-refractivity contribution in [2.75, 3.05) is 0 Å². The second-order valence-electron chi connectivity index (χ2n) is 2.61. The Bertz CT molecular complexity index is 473. The Morgan fingerprint density at radius 3 is 2.85 bits per heavy atom. The molecule has 0 fully saturated rings. The fourth-order valence-electron chi connectivity index (χ4n) is 1.14. The van der Waals surface area contributed by atoms with Gasteiger partial charge in [-0.05, 0) is 40.2 Å². The van der Waals surface area contributed by atoms with Crippen LogP contribution in [0.4, 0.5) is 0 Å². The lowest BCUT2D eigenvalue weighted by Gasteiger charge is -1.92. The molecule has 0 unspecified atom stereocenters. The molecule has 0 aliphatic carbocycles. The van der Waals surface area contributed by atoms with Crippen LogP contribution in [0, 0.1) is 0 Å². The van der Waals surface area contributed by atoms with Gasteiger partial charge in [0.25, 0.3) is 0 Å². The molecule has 0 radical (unpaired) electrons. The third kappa shape index (κ3) is 1.45. The molecule has 13 heavy (non-hydrogen) atoms. The normalized spacial score (nSPS) is 10.5. The van der Waals surface area contributed by atoms with Crippen molar-refractivity contribution in [1.82, 2.24) is 0 Å². The van der Waals surface area contributed by atoms with Gasteiger partial charge in [-0.2, -0.15) is 0 Å². The molecule has 0 amide bonds. The lowest BCUT2D eigenvalue weighted by Crippen LogP contribution is -1.94. The zero-order chi connectivity index (χ0) is 9.42. The summed E-state index contributed by atoms with van der Waals surface area (Å²) in [6, 6.07) is 6.47. The maximum Gasteiger partial charge on any atom is 0.335 e. The van der Waals surface area contributed by atoms with Gasteiger partial charge >= 0.3 is 5.97 Å². The van der Waals surface area contributed by atoms with Crippen LogP contribution < -0.4 is 0 Å². The number of carbonyl (C=O) groups is 1. The quantitative estimate of drug-likeness (QED) is 0.834. The molecule has 2 rings (SSSR count). The van der Waals surface area contributed by atoms with Gasteiger partial charge in [0, 0.05) is 5.39 Å². The summed E-state index contributed by atoms with van der Waals surface area (Å²) in [5.74, 6) is -0.931. The molecule has 1 heterocycles. The van der Waals surface area contributed by atoms with Crippen molar-refractivity contribution in [3.63, 3.8) is 0 Å². The Labute approximate surface area is 82.1 Å². The molecule has 2 aromatic rings. The third-order valence-corrected chi connectivity index (χ3v) is 2.12. The van der Waals surface area contributed by atoms with Crippen molar-refractivity contribution in [2.24, 2.45) is 0 Å². The maximum atomic E-state index is 10.6. The number of fused-ring (bicyclic) bond motifs is 1. The molecule has 1 aromatic heterocycles. The van der Waals surface area contributed by atoms with E-state index < -0.39 is 5.97 Å². The van der Waals surface area contributed by atoms with Gasteiger partial charge in [-0.3, -0.25) is 0 Å². The second-order valence-corrected chi connectivity index (χ2v) is 3.39. The van der Waals surface area contributed by atoms with Crippen LogP contribution in [0.1, 0.15) is 10.4 Å². The first kappa shape index (κ1) is 8.31. The summed E-state index contributed by atoms with van der Waals surface area (Å²) in [6.07, 6.45) is 0. The standard InChI is InChI=1S/C9H5BrO3/c10-8-4-6-3-5(9(11)12)1-2-7(6)13-8/h1-4H,(H,11,12). The number of hydrogen-bond donors (Lipinski definition) is 1. The SMILES string of the molecule is O=C(O)c1ccc2oc(Br)cc2c1. The smallest absolute Gasteiger partial charge is 0.335 e. The van der Waals surface area contributed by atoms with Crippen molar-refractivity contribution < 1.29 is 14.3 Å². The number of furan rings is 1. The Kier molecular flexibility index (Phi) is 1.84. The van der Waals surface area contributed by atoms with Crippen molar-refractivity contribution in [3.8, 4) is 0 Å². The highest BCUT2D eigenvalue weighted by molar-refractivity contribution is 9.10. The number of carboxylic acid groups (broad SMARTS) is 1. The highest BCUT2D eigenvalue weighted by atomic mass is 79.9. The minimum atomic E-state index is -0.931. The van der Waals surface area contributed by atoms with E-state index >= 15 is 0 Å². The summed E-state index contributed by atoms with van der Waals surface area (Å²) in [5, 5.41) is 9.49. The molecule has 0 bridgehead atoms. The molecule has 0 atom stereocenters. The van der Waals surface area contributed by atoms with Gasteiger partial charge in [-0.25, -0.2) is 4.79 Å². The van der Waals surface area contributed by atoms with E-state index in [1.807, 2.05) is 0 Å². The lowest BCUT2D eigenvalue weighted by molar-refractivity contribution is 0.0697. The minimum absolute atomic E-state index is 0.265. The maximum absolute atomic E-state index is 10.6. The molecule has 0 spiro atoms. The van der Waals surface area contributed by atoms with E-state index in [-0.39, 0.29) is 5.56 Å². The first-order valence-corrected chi connectivity index (χ1v) is 4.38. The average Bonchev–Trinajstić information content (AvgIpc) is 2.42. The van der Waals surface area contributed by atoms with Gasteiger partial charge in [0.1, 0.15) is 5.58 Å². The molecule has 0 aliphatic heterocycles. The van der Waals surface area contributed by atoms with Crippen molar-refractivity contribution in [2.45, 2.75) is 0 Å². The number of rotatable bonds is 1. The van der Waals surface area contributed by atoms with Crippen LogP contribution >= 0.6 is 15.9 Å². The summed E-state index contributed by atoms with van der Waals surface area (Å²) >= 11 is 3.17. The van der Waals surface area contributed by atoms with Crippen LogP contribution in [-0.2, 0) is 0 Å². The molecule has 0 saturated carbocycles. The summed E-state index contributed by atoms with van der Waals surface area (Å²) in [6.45, 7) is 0. The molecule has 3 nitrogen and oxygen atoms in total. The van der Waals surface area contributed by atoms with E-state index in [0.717, 1.165) is 5.39 Å². The van der Waals surface area contributed by atoms with Gasteiger partial charge in [-0.15, -0.1) is 0 Å². The number of benzene rings is 1. The topological polar surface area (TPSA) is 50.4 Å². The summed E-state index contributed by atoms with van der Waals surface area (Å²) in [7, 11) is 0. The monoisotopic (exact) mass is 240 g/mol. The predicted octanol–water partition coefficient (Wildman–Crippen LogP) is 2.89. The van der Waals surface area contributed by atoms with Crippen molar-refractivity contribution in [1.29, 1.82) is 0 Å². The molecule has 4 heteroatoms. The summed E-state index contributed by atoms with van der Waals surface area (Å²) in [5.41, 5.74) is 0.942. The fraction of sp³-hybridized carbons (Fsp3) is 0. The average molecular weight is 241 g/mol. The molecular formula is C9H5BrO3. The van der Waals surface area contributed by atoms with Gasteiger partial charge in [-0.1, -0.05) is 0 Å². The van der Waals surface area contributed by atoms with E-state index in [9.17, 15) is 4.79 Å². The first-order chi connectivity index (χ1) is 6.16. The summed E-state index contributed by atoms with van der Waals surface area (Å²) < 4.78 is 5.83. The van der Waals surface area contributed by atoms with Crippen LogP contribution in [0.5, 0.6) is 0 Å². The number of carboxylic acids is 1. The van der Waals surface area contributed by atoms with Crippen LogP contribution in [0.15, 0.2) is 33.4 Å². The number of hydrogen-bond acceptors (Lipinski definition) is 2. The Morgan fingerprint density at radius 2 is 2.15 bits per heavy atom. The van der Waals surface area contributed by atoms with E-state index in [0.29, 0.717) is 10.3 Å². The Hall–Kier alpha value is -1.29. The number of aromatic carboxylic acids is 1. The molecule has 0 aliphatic rings. The highest BCUT2D eigenvalue weighted by Crippen LogP contribution is 2.24. The lowest BCUT2D eigenvalue weighted by atomic mass is 10.2. The van der Waals surface area contributed by atoms with Gasteiger partial charge in [0.05, 0.1) is 5.56 Å². The molecule has 1 N–H and O–H groups in total. The predicted molar refractivity (Wildman–Crippen MR) is 50.9 cm³/mol. The van der Waals surface area contributed by atoms with E-state index in [1.165, 1.54) is 6.07 Å². The van der Waals surface area contributed by atoms with E-state index in [1.54, 1.807) is 18.2 Å². The highest BCUT2D eigenvalue weighted by Gasteiger charge is 2.06. The van der Waals surface area contributed by atoms with Gasteiger partial charge < -0.3 is 9.52 Å². The fourth-order valence-corrected chi connectivity index (χ4v) is 1.57. The molecule has 0 saturated heterocycles. The van der Waals surface area contributed by atoms with Crippen LogP contribution in [0.2, 0.25) is 0 Å². The van der Waals surface area contributed by atoms with Crippen LogP contribution in [0.3, 0.4) is 0 Å². The van der Waals surface area contributed by atoms with Crippen LogP contribution in [-0.4, -0.2) is 11.1 Å². The minimum Gasteiger partial charge on any atom is -0.478 e. The van der Waals surface area contributed by atoms with Crippen LogP contribution in [0.25, 0.3) is 11.0 Å². The molecule has 1 aromatic carbocycles. The van der Waals surface area contributed by atoms with Gasteiger partial charge in [0.2, 0.25) is 0 Å². The first-order valence-electron chi connectivity index (χ1n) is 3.59. The largest absolute Gasteiger partial charge is 0.478 e. The number of halogens is 1. The van der Waals surface area contributed by atoms with Crippen molar-refractivity contribution >= 4 is 32.9 Å². The molecular weight excluding hydrogens is 236 g/mol. The zero-order valence-electron chi connectivity index (χ0n) is 6.45. The van der Waals surface area contributed by atoms with E-state index in [4.69, 9.17) is 9.52 Å². The third-order valence-electron chi connectivity index (χ3n) is 1.73. The van der Waals surface area contributed by atoms with E-state index in [2.05, 4.69) is 15.9 Å². The van der Waals surface area contributed by atoms with Gasteiger partial charge in [0.15, 0.2) is 4.67 Å². The zero-order valence-corrected chi connectivity index (χ0v) is 8.04. The second kappa shape index (κ2) is 2.88. The molecule has 66 valence electrons.